The van der Waals surface area contributed by atoms with Gasteiger partial charge in [0, 0.05) is 31.7 Å². The quantitative estimate of drug-likeness (QED) is 0.664. The Balaban J connectivity index is 1.75. The first-order valence-corrected chi connectivity index (χ1v) is 10.5. The number of sulfonamides is 1. The predicted octanol–water partition coefficient (Wildman–Crippen LogP) is 0.591. The van der Waals surface area contributed by atoms with Crippen LogP contribution in [0.25, 0.3) is 0 Å². The van der Waals surface area contributed by atoms with Crippen LogP contribution in [-0.4, -0.2) is 70.8 Å². The standard InChI is InChI=1S/C18H29N3O5S/c1-18(2,3)20-27(23,24)16-6-4-15(5-7-16)26-14-17(22)19-8-9-21-10-12-25-13-11-21/h4-7,20H,8-14H2,1-3H3,(H,19,22). The molecule has 0 aliphatic carbocycles. The van der Waals surface area contributed by atoms with Crippen molar-refractivity contribution in [1.29, 1.82) is 0 Å². The van der Waals surface area contributed by atoms with E-state index in [4.69, 9.17) is 9.47 Å². The van der Waals surface area contributed by atoms with Crippen LogP contribution in [0, 0.1) is 0 Å². The first-order valence-electron chi connectivity index (χ1n) is 8.99. The monoisotopic (exact) mass is 399 g/mol. The summed E-state index contributed by atoms with van der Waals surface area (Å²) in [4.78, 5) is 14.2. The van der Waals surface area contributed by atoms with E-state index < -0.39 is 15.6 Å². The number of carbonyl (C=O) groups is 1. The van der Waals surface area contributed by atoms with Crippen molar-refractivity contribution in [2.75, 3.05) is 46.0 Å². The summed E-state index contributed by atoms with van der Waals surface area (Å²) in [6.45, 7) is 9.77. The highest BCUT2D eigenvalue weighted by atomic mass is 32.2. The first kappa shape index (κ1) is 21.6. The van der Waals surface area contributed by atoms with Crippen LogP contribution in [0.2, 0.25) is 0 Å². The lowest BCUT2D eigenvalue weighted by Gasteiger charge is -2.26. The molecule has 1 aromatic carbocycles. The molecular weight excluding hydrogens is 370 g/mol. The Morgan fingerprint density at radius 1 is 1.19 bits per heavy atom. The van der Waals surface area contributed by atoms with E-state index in [1.54, 1.807) is 20.8 Å². The van der Waals surface area contributed by atoms with Crippen molar-refractivity contribution in [3.63, 3.8) is 0 Å². The van der Waals surface area contributed by atoms with E-state index in [2.05, 4.69) is 14.9 Å². The molecule has 8 nitrogen and oxygen atoms in total. The van der Waals surface area contributed by atoms with Crippen molar-refractivity contribution in [2.45, 2.75) is 31.2 Å². The van der Waals surface area contributed by atoms with Gasteiger partial charge < -0.3 is 14.8 Å². The summed E-state index contributed by atoms with van der Waals surface area (Å²) in [5, 5.41) is 2.81. The number of nitrogens with zero attached hydrogens (tertiary/aromatic N) is 1. The zero-order valence-electron chi connectivity index (χ0n) is 16.2. The number of morpholine rings is 1. The minimum absolute atomic E-state index is 0.116. The Bertz CT molecular complexity index is 708. The van der Waals surface area contributed by atoms with Gasteiger partial charge in [0.1, 0.15) is 5.75 Å². The number of amides is 1. The van der Waals surface area contributed by atoms with E-state index in [1.807, 2.05) is 0 Å². The van der Waals surface area contributed by atoms with Crippen LogP contribution in [0.5, 0.6) is 5.75 Å². The number of carbonyl (C=O) groups excluding carboxylic acids is 1. The van der Waals surface area contributed by atoms with E-state index in [9.17, 15) is 13.2 Å². The summed E-state index contributed by atoms with van der Waals surface area (Å²) in [7, 11) is -3.59. The molecule has 27 heavy (non-hydrogen) atoms. The highest BCUT2D eigenvalue weighted by molar-refractivity contribution is 7.89. The molecular formula is C18H29N3O5S. The molecule has 1 saturated heterocycles. The molecule has 0 atom stereocenters. The zero-order valence-corrected chi connectivity index (χ0v) is 17.0. The maximum atomic E-state index is 12.2. The van der Waals surface area contributed by atoms with E-state index in [0.717, 1.165) is 32.8 Å². The molecule has 1 aliphatic rings. The Morgan fingerprint density at radius 3 is 2.41 bits per heavy atom. The third-order valence-corrected chi connectivity index (χ3v) is 5.57. The molecule has 1 fully saturated rings. The van der Waals surface area contributed by atoms with E-state index >= 15 is 0 Å². The average molecular weight is 400 g/mol. The van der Waals surface area contributed by atoms with Gasteiger partial charge in [-0.2, -0.15) is 0 Å². The van der Waals surface area contributed by atoms with Gasteiger partial charge in [0.05, 0.1) is 18.1 Å². The molecule has 152 valence electrons. The van der Waals surface area contributed by atoms with Crippen LogP contribution in [-0.2, 0) is 19.6 Å². The first-order chi connectivity index (χ1) is 12.7. The van der Waals surface area contributed by atoms with Gasteiger partial charge in [0.2, 0.25) is 10.0 Å². The molecule has 0 radical (unpaired) electrons. The lowest BCUT2D eigenvalue weighted by molar-refractivity contribution is -0.123. The van der Waals surface area contributed by atoms with Crippen molar-refractivity contribution in [1.82, 2.24) is 14.9 Å². The van der Waals surface area contributed by atoms with Gasteiger partial charge >= 0.3 is 0 Å². The van der Waals surface area contributed by atoms with Crippen LogP contribution in [0.3, 0.4) is 0 Å². The third-order valence-electron chi connectivity index (χ3n) is 3.80. The van der Waals surface area contributed by atoms with E-state index in [0.29, 0.717) is 12.3 Å². The van der Waals surface area contributed by atoms with Crippen LogP contribution >= 0.6 is 0 Å². The van der Waals surface area contributed by atoms with Gasteiger partial charge in [0.25, 0.3) is 5.91 Å². The molecule has 1 heterocycles. The number of hydrogen-bond donors (Lipinski definition) is 2. The van der Waals surface area contributed by atoms with E-state index in [1.165, 1.54) is 24.3 Å². The fourth-order valence-corrected chi connectivity index (χ4v) is 3.97. The number of nitrogens with one attached hydrogen (secondary N) is 2. The van der Waals surface area contributed by atoms with Gasteiger partial charge in [0.15, 0.2) is 6.61 Å². The van der Waals surface area contributed by atoms with Crippen molar-refractivity contribution < 1.29 is 22.7 Å². The van der Waals surface area contributed by atoms with Crippen molar-refractivity contribution in [3.05, 3.63) is 24.3 Å². The largest absolute Gasteiger partial charge is 0.484 e. The number of rotatable bonds is 8. The van der Waals surface area contributed by atoms with Gasteiger partial charge in [-0.15, -0.1) is 0 Å². The summed E-state index contributed by atoms with van der Waals surface area (Å²) in [6.07, 6.45) is 0. The topological polar surface area (TPSA) is 97.0 Å². The number of benzene rings is 1. The lowest BCUT2D eigenvalue weighted by Crippen LogP contribution is -2.42. The second kappa shape index (κ2) is 9.50. The minimum Gasteiger partial charge on any atom is -0.484 e. The lowest BCUT2D eigenvalue weighted by atomic mass is 10.1. The maximum Gasteiger partial charge on any atom is 0.257 e. The average Bonchev–Trinajstić information content (AvgIpc) is 2.59. The van der Waals surface area contributed by atoms with E-state index in [-0.39, 0.29) is 17.4 Å². The minimum atomic E-state index is -3.59. The van der Waals surface area contributed by atoms with Gasteiger partial charge in [-0.3, -0.25) is 9.69 Å². The van der Waals surface area contributed by atoms with Crippen LogP contribution < -0.4 is 14.8 Å². The normalized spacial score (nSPS) is 16.1. The molecule has 0 spiro atoms. The summed E-state index contributed by atoms with van der Waals surface area (Å²) < 4.78 is 37.8. The Labute approximate surface area is 161 Å². The zero-order chi connectivity index (χ0) is 19.9. The number of ether oxygens (including phenoxy) is 2. The fourth-order valence-electron chi connectivity index (χ4n) is 2.56. The second-order valence-electron chi connectivity index (χ2n) is 7.42. The number of hydrogen-bond acceptors (Lipinski definition) is 6. The van der Waals surface area contributed by atoms with Crippen molar-refractivity contribution >= 4 is 15.9 Å². The smallest absolute Gasteiger partial charge is 0.257 e. The molecule has 2 N–H and O–H groups in total. The molecule has 1 aliphatic heterocycles. The summed E-state index contributed by atoms with van der Waals surface area (Å²) >= 11 is 0. The fraction of sp³-hybridized carbons (Fsp3) is 0.611. The van der Waals surface area contributed by atoms with Crippen LogP contribution in [0.1, 0.15) is 20.8 Å². The van der Waals surface area contributed by atoms with Gasteiger partial charge in [-0.05, 0) is 45.0 Å². The molecule has 0 saturated carbocycles. The van der Waals surface area contributed by atoms with Crippen LogP contribution in [0.4, 0.5) is 0 Å². The van der Waals surface area contributed by atoms with Crippen molar-refractivity contribution in [3.8, 4) is 5.75 Å². The van der Waals surface area contributed by atoms with Crippen molar-refractivity contribution in [2.24, 2.45) is 0 Å². The van der Waals surface area contributed by atoms with Gasteiger partial charge in [-0.1, -0.05) is 0 Å². The van der Waals surface area contributed by atoms with Gasteiger partial charge in [-0.25, -0.2) is 13.1 Å². The highest BCUT2D eigenvalue weighted by Crippen LogP contribution is 2.17. The summed E-state index contributed by atoms with van der Waals surface area (Å²) in [5.74, 6) is 0.224. The predicted molar refractivity (Wildman–Crippen MR) is 102 cm³/mol. The molecule has 2 rings (SSSR count). The second-order valence-corrected chi connectivity index (χ2v) is 9.10. The van der Waals surface area contributed by atoms with Crippen LogP contribution in [0.15, 0.2) is 29.2 Å². The molecule has 1 amide bonds. The Kier molecular flexibility index (Phi) is 7.60. The molecule has 9 heteroatoms. The Hall–Kier alpha value is -1.68. The molecule has 0 unspecified atom stereocenters. The maximum absolute atomic E-state index is 12.2. The summed E-state index contributed by atoms with van der Waals surface area (Å²) in [6, 6.07) is 6.00. The summed E-state index contributed by atoms with van der Waals surface area (Å²) in [5.41, 5.74) is -0.562. The highest BCUT2D eigenvalue weighted by Gasteiger charge is 2.21. The molecule has 0 aromatic heterocycles. The third kappa shape index (κ3) is 7.84. The molecule has 0 bridgehead atoms. The Morgan fingerprint density at radius 2 is 1.81 bits per heavy atom. The SMILES string of the molecule is CC(C)(C)NS(=O)(=O)c1ccc(OCC(=O)NCCN2CCOCC2)cc1. The molecule has 1 aromatic rings.